The maximum absolute atomic E-state index is 12.5. The lowest BCUT2D eigenvalue weighted by atomic mass is 9.83. The first-order valence-electron chi connectivity index (χ1n) is 8.84. The van der Waals surface area contributed by atoms with E-state index in [2.05, 4.69) is 6.92 Å². The Kier molecular flexibility index (Phi) is 5.76. The van der Waals surface area contributed by atoms with Crippen LogP contribution in [0.25, 0.3) is 0 Å². The van der Waals surface area contributed by atoms with Crippen LogP contribution in [-0.4, -0.2) is 41.9 Å². The van der Waals surface area contributed by atoms with Crippen molar-refractivity contribution in [1.82, 2.24) is 4.90 Å². The minimum absolute atomic E-state index is 0.131. The van der Waals surface area contributed by atoms with Crippen LogP contribution in [0.4, 0.5) is 4.79 Å². The Balaban J connectivity index is 1.91. The summed E-state index contributed by atoms with van der Waals surface area (Å²) in [6, 6.07) is 0.657. The van der Waals surface area contributed by atoms with E-state index in [4.69, 9.17) is 9.47 Å². The maximum atomic E-state index is 12.5. The summed E-state index contributed by atoms with van der Waals surface area (Å²) < 4.78 is 11.1. The monoisotopic (exact) mass is 311 g/mol. The molecule has 0 radical (unpaired) electrons. The molecule has 4 nitrogen and oxygen atoms in total. The molecule has 1 saturated carbocycles. The van der Waals surface area contributed by atoms with Crippen LogP contribution in [0.3, 0.4) is 0 Å². The van der Waals surface area contributed by atoms with Gasteiger partial charge in [0.25, 0.3) is 0 Å². The van der Waals surface area contributed by atoms with Crippen molar-refractivity contribution in [3.05, 3.63) is 0 Å². The molecule has 1 aliphatic carbocycles. The van der Waals surface area contributed by atoms with Gasteiger partial charge < -0.3 is 14.4 Å². The average molecular weight is 311 g/mol. The largest absolute Gasteiger partial charge is 0.444 e. The molecule has 4 heteroatoms. The number of carbonyl (C=O) groups excluding carboxylic acids is 1. The van der Waals surface area contributed by atoms with E-state index in [0.29, 0.717) is 18.2 Å². The molecule has 0 N–H and O–H groups in total. The Labute approximate surface area is 135 Å². The van der Waals surface area contributed by atoms with Gasteiger partial charge in [0, 0.05) is 19.2 Å². The molecule has 0 aromatic rings. The summed E-state index contributed by atoms with van der Waals surface area (Å²) in [5, 5.41) is 0. The minimum atomic E-state index is -0.416. The number of methoxy groups -OCH3 is 1. The lowest BCUT2D eigenvalue weighted by Gasteiger charge is -2.35. The summed E-state index contributed by atoms with van der Waals surface area (Å²) in [6.07, 6.45) is 8.43. The summed E-state index contributed by atoms with van der Waals surface area (Å²) in [7, 11) is 1.81. The fourth-order valence-corrected chi connectivity index (χ4v) is 3.93. The second kappa shape index (κ2) is 7.20. The van der Waals surface area contributed by atoms with Gasteiger partial charge >= 0.3 is 6.09 Å². The van der Waals surface area contributed by atoms with Crippen molar-refractivity contribution in [1.29, 1.82) is 0 Å². The molecule has 1 heterocycles. The smallest absolute Gasteiger partial charge is 0.410 e. The Hall–Kier alpha value is -0.770. The zero-order chi connectivity index (χ0) is 16.3. The standard InChI is InChI=1S/C18H33NO3/c1-13-6-9-15(19(13)17(20)22-18(2,3)4)12-14-7-10-16(21-5)11-8-14/h13-16H,6-12H2,1-5H3/t13-,14?,15-,16?/m0/s1. The third-order valence-electron chi connectivity index (χ3n) is 5.12. The van der Waals surface area contributed by atoms with E-state index >= 15 is 0 Å². The molecule has 22 heavy (non-hydrogen) atoms. The number of likely N-dealkylation sites (tertiary alicyclic amines) is 1. The molecule has 0 aromatic carbocycles. The molecular formula is C18H33NO3. The van der Waals surface area contributed by atoms with Crippen molar-refractivity contribution in [3.63, 3.8) is 0 Å². The van der Waals surface area contributed by atoms with Crippen molar-refractivity contribution in [2.75, 3.05) is 7.11 Å². The molecule has 0 bridgehead atoms. The molecule has 2 fully saturated rings. The van der Waals surface area contributed by atoms with Crippen LogP contribution in [0.1, 0.15) is 72.6 Å². The summed E-state index contributed by atoms with van der Waals surface area (Å²) in [6.45, 7) is 7.96. The molecule has 2 rings (SSSR count). The predicted molar refractivity (Wildman–Crippen MR) is 87.9 cm³/mol. The van der Waals surface area contributed by atoms with E-state index < -0.39 is 5.60 Å². The predicted octanol–water partition coefficient (Wildman–Crippen LogP) is 4.37. The van der Waals surface area contributed by atoms with Crippen LogP contribution in [-0.2, 0) is 9.47 Å². The molecule has 0 aromatic heterocycles. The number of amides is 1. The van der Waals surface area contributed by atoms with Gasteiger partial charge in [-0.3, -0.25) is 0 Å². The first-order valence-corrected chi connectivity index (χ1v) is 8.84. The maximum Gasteiger partial charge on any atom is 0.410 e. The summed E-state index contributed by atoms with van der Waals surface area (Å²) in [5.41, 5.74) is -0.416. The first kappa shape index (κ1) is 17.6. The molecule has 0 unspecified atom stereocenters. The average Bonchev–Trinajstić information content (AvgIpc) is 2.79. The Morgan fingerprint density at radius 1 is 1.09 bits per heavy atom. The third-order valence-corrected chi connectivity index (χ3v) is 5.12. The van der Waals surface area contributed by atoms with E-state index in [-0.39, 0.29) is 6.09 Å². The second-order valence-electron chi connectivity index (χ2n) is 8.08. The van der Waals surface area contributed by atoms with Gasteiger partial charge in [0.2, 0.25) is 0 Å². The molecule has 1 saturated heterocycles. The lowest BCUT2D eigenvalue weighted by Crippen LogP contribution is -2.44. The number of carbonyl (C=O) groups is 1. The number of rotatable bonds is 3. The van der Waals surface area contributed by atoms with Crippen LogP contribution in [0, 0.1) is 5.92 Å². The van der Waals surface area contributed by atoms with Gasteiger partial charge in [-0.25, -0.2) is 4.79 Å². The van der Waals surface area contributed by atoms with Gasteiger partial charge in [-0.15, -0.1) is 0 Å². The zero-order valence-corrected chi connectivity index (χ0v) is 14.9. The van der Waals surface area contributed by atoms with Crippen LogP contribution in [0.5, 0.6) is 0 Å². The highest BCUT2D eigenvalue weighted by atomic mass is 16.6. The minimum Gasteiger partial charge on any atom is -0.444 e. The molecule has 1 amide bonds. The molecule has 1 aliphatic heterocycles. The van der Waals surface area contributed by atoms with E-state index in [0.717, 1.165) is 38.0 Å². The topological polar surface area (TPSA) is 38.8 Å². The Morgan fingerprint density at radius 2 is 1.73 bits per heavy atom. The number of ether oxygens (including phenoxy) is 2. The van der Waals surface area contributed by atoms with Crippen LogP contribution >= 0.6 is 0 Å². The van der Waals surface area contributed by atoms with E-state index in [1.54, 1.807) is 0 Å². The lowest BCUT2D eigenvalue weighted by molar-refractivity contribution is 0.0110. The SMILES string of the molecule is COC1CCC(C[C@@H]2CC[C@H](C)N2C(=O)OC(C)(C)C)CC1. The highest BCUT2D eigenvalue weighted by Crippen LogP contribution is 2.35. The van der Waals surface area contributed by atoms with Gasteiger partial charge in [-0.05, 0) is 78.6 Å². The number of nitrogens with zero attached hydrogens (tertiary/aromatic N) is 1. The Morgan fingerprint density at radius 3 is 2.27 bits per heavy atom. The highest BCUT2D eigenvalue weighted by molar-refractivity contribution is 5.69. The van der Waals surface area contributed by atoms with Crippen molar-refractivity contribution >= 4 is 6.09 Å². The molecule has 128 valence electrons. The first-order chi connectivity index (χ1) is 10.3. The summed E-state index contributed by atoms with van der Waals surface area (Å²) in [5.74, 6) is 0.728. The molecule has 2 atom stereocenters. The van der Waals surface area contributed by atoms with Crippen molar-refractivity contribution in [3.8, 4) is 0 Å². The van der Waals surface area contributed by atoms with Crippen molar-refractivity contribution in [2.24, 2.45) is 5.92 Å². The fourth-order valence-electron chi connectivity index (χ4n) is 3.93. The molecule has 0 spiro atoms. The van der Waals surface area contributed by atoms with Gasteiger partial charge in [-0.1, -0.05) is 0 Å². The van der Waals surface area contributed by atoms with Crippen molar-refractivity contribution in [2.45, 2.75) is 96.4 Å². The van der Waals surface area contributed by atoms with Gasteiger partial charge in [-0.2, -0.15) is 0 Å². The zero-order valence-electron chi connectivity index (χ0n) is 14.9. The molecule has 2 aliphatic rings. The van der Waals surface area contributed by atoms with Gasteiger partial charge in [0.1, 0.15) is 5.60 Å². The van der Waals surface area contributed by atoms with E-state index in [1.165, 1.54) is 12.8 Å². The molecular weight excluding hydrogens is 278 g/mol. The van der Waals surface area contributed by atoms with Crippen LogP contribution in [0.2, 0.25) is 0 Å². The number of hydrogen-bond acceptors (Lipinski definition) is 3. The fraction of sp³-hybridized carbons (Fsp3) is 0.944. The van der Waals surface area contributed by atoms with Crippen molar-refractivity contribution < 1.29 is 14.3 Å². The van der Waals surface area contributed by atoms with Gasteiger partial charge in [0.05, 0.1) is 6.10 Å². The third kappa shape index (κ3) is 4.61. The van der Waals surface area contributed by atoms with E-state index in [1.807, 2.05) is 32.8 Å². The van der Waals surface area contributed by atoms with E-state index in [9.17, 15) is 4.79 Å². The second-order valence-corrected chi connectivity index (χ2v) is 8.08. The van der Waals surface area contributed by atoms with Crippen LogP contribution in [0.15, 0.2) is 0 Å². The van der Waals surface area contributed by atoms with Crippen LogP contribution < -0.4 is 0 Å². The summed E-state index contributed by atoms with van der Waals surface area (Å²) in [4.78, 5) is 14.5. The Bertz CT molecular complexity index is 369. The normalized spacial score (nSPS) is 33.0. The van der Waals surface area contributed by atoms with Gasteiger partial charge in [0.15, 0.2) is 0 Å². The highest BCUT2D eigenvalue weighted by Gasteiger charge is 2.38. The summed E-state index contributed by atoms with van der Waals surface area (Å²) >= 11 is 0. The quantitative estimate of drug-likeness (QED) is 0.777. The number of hydrogen-bond donors (Lipinski definition) is 0.